The van der Waals surface area contributed by atoms with Crippen LogP contribution >= 0.6 is 11.8 Å². The molecule has 27 heavy (non-hydrogen) atoms. The lowest BCUT2D eigenvalue weighted by Crippen LogP contribution is -2.36. The van der Waals surface area contributed by atoms with Crippen molar-refractivity contribution in [3.63, 3.8) is 0 Å². The molecule has 1 N–H and O–H groups in total. The van der Waals surface area contributed by atoms with Crippen molar-refractivity contribution in [1.29, 1.82) is 0 Å². The molecule has 7 heteroatoms. The summed E-state index contributed by atoms with van der Waals surface area (Å²) in [6.45, 7) is 2.52. The van der Waals surface area contributed by atoms with Gasteiger partial charge in [0.1, 0.15) is 0 Å². The topological polar surface area (TPSA) is 71.3 Å². The maximum absolute atomic E-state index is 12.7. The van der Waals surface area contributed by atoms with Crippen molar-refractivity contribution in [2.75, 3.05) is 16.0 Å². The van der Waals surface area contributed by atoms with Crippen LogP contribution in [0.25, 0.3) is 0 Å². The predicted molar refractivity (Wildman–Crippen MR) is 106 cm³/mol. The van der Waals surface area contributed by atoms with E-state index < -0.39 is 0 Å². The lowest BCUT2D eigenvalue weighted by atomic mass is 10.1. The molecule has 0 unspecified atom stereocenters. The predicted octanol–water partition coefficient (Wildman–Crippen LogP) is 3.75. The molecule has 138 valence electrons. The summed E-state index contributed by atoms with van der Waals surface area (Å²) in [5.74, 6) is 0.820. The van der Waals surface area contributed by atoms with E-state index in [1.165, 1.54) is 17.3 Å². The van der Waals surface area contributed by atoms with Gasteiger partial charge in [-0.05, 0) is 37.1 Å². The third kappa shape index (κ3) is 3.98. The zero-order valence-corrected chi connectivity index (χ0v) is 15.8. The molecular formula is C20H20N4O2S. The first-order valence-corrected chi connectivity index (χ1v) is 9.83. The van der Waals surface area contributed by atoms with Crippen molar-refractivity contribution in [1.82, 2.24) is 10.2 Å². The van der Waals surface area contributed by atoms with Crippen LogP contribution in [0.15, 0.2) is 64.2 Å². The van der Waals surface area contributed by atoms with Gasteiger partial charge in [-0.1, -0.05) is 48.2 Å². The van der Waals surface area contributed by atoms with Gasteiger partial charge in [0.25, 0.3) is 5.22 Å². The Bertz CT molecular complexity index is 928. The van der Waals surface area contributed by atoms with Crippen LogP contribution in [-0.2, 0) is 17.8 Å². The number of carbonyl (C=O) groups excluding carboxylic acids is 1. The molecule has 0 radical (unpaired) electrons. The number of nitrogens with one attached hydrogen (secondary N) is 1. The summed E-state index contributed by atoms with van der Waals surface area (Å²) in [6.07, 6.45) is 0.891. The molecule has 2 heterocycles. The maximum Gasteiger partial charge on any atom is 0.277 e. The summed E-state index contributed by atoms with van der Waals surface area (Å²) in [4.78, 5) is 14.6. The molecule has 3 aromatic rings. The number of fused-ring (bicyclic) bond motifs is 1. The number of hydrogen-bond acceptors (Lipinski definition) is 6. The van der Waals surface area contributed by atoms with E-state index in [1.807, 2.05) is 53.4 Å². The molecule has 1 aliphatic heterocycles. The van der Waals surface area contributed by atoms with Crippen LogP contribution in [0.5, 0.6) is 0 Å². The second kappa shape index (κ2) is 7.84. The molecule has 1 atom stereocenters. The number of para-hydroxylation sites is 2. The van der Waals surface area contributed by atoms with E-state index in [0.29, 0.717) is 17.7 Å². The monoisotopic (exact) mass is 380 g/mol. The molecule has 0 saturated carbocycles. The zero-order valence-electron chi connectivity index (χ0n) is 15.0. The molecule has 0 bridgehead atoms. The normalized spacial score (nSPS) is 15.6. The van der Waals surface area contributed by atoms with E-state index in [2.05, 4.69) is 28.5 Å². The number of anilines is 2. The highest BCUT2D eigenvalue weighted by atomic mass is 32.2. The largest absolute Gasteiger partial charge is 0.414 e. The van der Waals surface area contributed by atoms with Crippen LogP contribution in [0, 0.1) is 0 Å². The number of nitrogens with zero attached hydrogens (tertiary/aromatic N) is 3. The molecule has 4 rings (SSSR count). The molecule has 1 aliphatic rings. The van der Waals surface area contributed by atoms with E-state index in [1.54, 1.807) is 0 Å². The maximum atomic E-state index is 12.7. The fourth-order valence-corrected chi connectivity index (χ4v) is 3.88. The Balaban J connectivity index is 1.33. The Kier molecular flexibility index (Phi) is 5.11. The van der Waals surface area contributed by atoms with Crippen LogP contribution in [0.4, 0.5) is 11.4 Å². The number of thioether (sulfide) groups is 1. The Morgan fingerprint density at radius 1 is 1.19 bits per heavy atom. The number of hydrogen-bond donors (Lipinski definition) is 1. The lowest BCUT2D eigenvalue weighted by molar-refractivity contribution is -0.116. The third-order valence-electron chi connectivity index (χ3n) is 4.46. The van der Waals surface area contributed by atoms with Crippen molar-refractivity contribution in [2.24, 2.45) is 0 Å². The molecular weight excluding hydrogens is 360 g/mol. The van der Waals surface area contributed by atoms with Crippen LogP contribution in [0.2, 0.25) is 0 Å². The van der Waals surface area contributed by atoms with Gasteiger partial charge in [-0.25, -0.2) is 0 Å². The van der Waals surface area contributed by atoms with Crippen molar-refractivity contribution >= 4 is 29.0 Å². The highest BCUT2D eigenvalue weighted by Crippen LogP contribution is 2.32. The van der Waals surface area contributed by atoms with Gasteiger partial charge < -0.3 is 14.6 Å². The van der Waals surface area contributed by atoms with Crippen molar-refractivity contribution in [3.8, 4) is 0 Å². The van der Waals surface area contributed by atoms with Gasteiger partial charge in [0.05, 0.1) is 12.3 Å². The highest BCUT2D eigenvalue weighted by Gasteiger charge is 2.30. The minimum absolute atomic E-state index is 0.0552. The fraction of sp³-hybridized carbons (Fsp3) is 0.250. The summed E-state index contributed by atoms with van der Waals surface area (Å²) >= 11 is 1.28. The highest BCUT2D eigenvalue weighted by molar-refractivity contribution is 7.99. The fourth-order valence-electron chi connectivity index (χ4n) is 3.24. The third-order valence-corrected chi connectivity index (χ3v) is 5.26. The summed E-state index contributed by atoms with van der Waals surface area (Å²) in [6, 6.07) is 18.1. The Morgan fingerprint density at radius 3 is 2.81 bits per heavy atom. The van der Waals surface area contributed by atoms with E-state index in [4.69, 9.17) is 4.42 Å². The lowest BCUT2D eigenvalue weighted by Gasteiger charge is -2.22. The van der Waals surface area contributed by atoms with Gasteiger partial charge in [0.2, 0.25) is 11.8 Å². The first-order valence-electron chi connectivity index (χ1n) is 8.85. The van der Waals surface area contributed by atoms with Crippen molar-refractivity contribution in [3.05, 3.63) is 66.1 Å². The van der Waals surface area contributed by atoms with E-state index in [0.717, 1.165) is 17.8 Å². The molecule has 0 saturated heterocycles. The summed E-state index contributed by atoms with van der Waals surface area (Å²) in [7, 11) is 0. The van der Waals surface area contributed by atoms with E-state index in [-0.39, 0.29) is 17.7 Å². The summed E-state index contributed by atoms with van der Waals surface area (Å²) < 4.78 is 5.62. The van der Waals surface area contributed by atoms with Crippen LogP contribution in [-0.4, -0.2) is 27.9 Å². The van der Waals surface area contributed by atoms with E-state index in [9.17, 15) is 4.79 Å². The molecule has 2 aromatic carbocycles. The molecule has 1 aromatic heterocycles. The molecule has 6 nitrogen and oxygen atoms in total. The van der Waals surface area contributed by atoms with Gasteiger partial charge in [-0.15, -0.1) is 10.2 Å². The number of rotatable bonds is 6. The van der Waals surface area contributed by atoms with Gasteiger partial charge in [0, 0.05) is 17.4 Å². The first-order chi connectivity index (χ1) is 13.2. The Hall–Kier alpha value is -2.80. The number of aromatic nitrogens is 2. The van der Waals surface area contributed by atoms with Crippen LogP contribution < -0.4 is 10.2 Å². The minimum Gasteiger partial charge on any atom is -0.414 e. The number of carbonyl (C=O) groups is 1. The number of amides is 1. The van der Waals surface area contributed by atoms with Crippen LogP contribution in [0.1, 0.15) is 18.4 Å². The average Bonchev–Trinajstić information content (AvgIpc) is 3.28. The van der Waals surface area contributed by atoms with Crippen LogP contribution in [0.3, 0.4) is 0 Å². The minimum atomic E-state index is 0.0552. The zero-order chi connectivity index (χ0) is 18.6. The molecule has 0 fully saturated rings. The second-order valence-electron chi connectivity index (χ2n) is 6.42. The van der Waals surface area contributed by atoms with Gasteiger partial charge >= 0.3 is 0 Å². The molecule has 0 spiro atoms. The summed E-state index contributed by atoms with van der Waals surface area (Å²) in [5.41, 5.74) is 3.21. The average molecular weight is 380 g/mol. The van der Waals surface area contributed by atoms with Gasteiger partial charge in [-0.2, -0.15) is 0 Å². The second-order valence-corrected chi connectivity index (χ2v) is 7.34. The van der Waals surface area contributed by atoms with Gasteiger partial charge in [-0.3, -0.25) is 4.79 Å². The van der Waals surface area contributed by atoms with Crippen molar-refractivity contribution in [2.45, 2.75) is 31.2 Å². The SMILES string of the molecule is C[C@@H]1Cc2ccccc2N1C(=O)CSc1nnc(CNc2ccccc2)o1. The number of benzene rings is 2. The quantitative estimate of drug-likeness (QED) is 0.657. The molecule has 0 aliphatic carbocycles. The van der Waals surface area contributed by atoms with Crippen molar-refractivity contribution < 1.29 is 9.21 Å². The van der Waals surface area contributed by atoms with Gasteiger partial charge in [0.15, 0.2) is 0 Å². The smallest absolute Gasteiger partial charge is 0.277 e. The standard InChI is InChI=1S/C20H20N4O2S/c1-14-11-15-7-5-6-10-17(15)24(14)19(25)13-27-20-23-22-18(26-20)12-21-16-8-3-2-4-9-16/h2-10,14,21H,11-13H2,1H3/t14-/m1/s1. The Labute approximate surface area is 162 Å². The first kappa shape index (κ1) is 17.6. The summed E-state index contributed by atoms with van der Waals surface area (Å²) in [5, 5.41) is 11.7. The molecule has 1 amide bonds. The van der Waals surface area contributed by atoms with E-state index >= 15 is 0 Å². The Morgan fingerprint density at radius 2 is 1.96 bits per heavy atom.